The number of amides is 2. The number of ether oxygens (including phenoxy) is 1. The molecule has 0 radical (unpaired) electrons. The Morgan fingerprint density at radius 2 is 1.80 bits per heavy atom. The number of esters is 1. The highest BCUT2D eigenvalue weighted by Gasteiger charge is 2.70. The van der Waals surface area contributed by atoms with Crippen molar-refractivity contribution in [2.45, 2.75) is 68.4 Å². The predicted octanol–water partition coefficient (Wildman–Crippen LogP) is 4.18. The molecule has 1 aromatic rings. The summed E-state index contributed by atoms with van der Waals surface area (Å²) < 4.78 is 4.85. The van der Waals surface area contributed by atoms with Gasteiger partial charge in [0.05, 0.1) is 23.2 Å². The maximum Gasteiger partial charge on any atom is 0.311 e. The Hall–Kier alpha value is -2.78. The van der Waals surface area contributed by atoms with Gasteiger partial charge in [-0.25, -0.2) is 0 Å². The number of aliphatic hydroxyl groups is 1. The first-order valence-corrected chi connectivity index (χ1v) is 16.1. The first-order valence-electron chi connectivity index (χ1n) is 15.2. The lowest BCUT2D eigenvalue weighted by atomic mass is 9.78. The number of aliphatic hydroxyl groups excluding tert-OH is 1. The second-order valence-corrected chi connectivity index (χ2v) is 12.8. The van der Waals surface area contributed by atoms with Gasteiger partial charge in [0.15, 0.2) is 0 Å². The number of thioether (sulfide) groups is 1. The molecule has 1 N–H and O–H groups in total. The van der Waals surface area contributed by atoms with Gasteiger partial charge in [0.25, 0.3) is 5.91 Å². The molecule has 8 nitrogen and oxygen atoms in total. The largest absolute Gasteiger partial charge is 0.465 e. The van der Waals surface area contributed by atoms with Crippen LogP contribution in [0.3, 0.4) is 0 Å². The SMILES string of the molecule is CCN(CC)c1ccc(N2CC=C[C@]34S[C@@H]5/C=C\CCCCOC(=O)[C@@H]5[C@H]3C(=O)N(CCCCCO)C4C2=O)cc1. The van der Waals surface area contributed by atoms with Gasteiger partial charge in [-0.3, -0.25) is 14.4 Å². The van der Waals surface area contributed by atoms with E-state index in [1.807, 2.05) is 30.3 Å². The number of carbonyl (C=O) groups excluding carboxylic acids is 3. The molecule has 5 rings (SSSR count). The first-order chi connectivity index (χ1) is 20.0. The third-order valence-corrected chi connectivity index (χ3v) is 10.7. The van der Waals surface area contributed by atoms with E-state index < -0.39 is 22.6 Å². The smallest absolute Gasteiger partial charge is 0.311 e. The van der Waals surface area contributed by atoms with Gasteiger partial charge in [-0.2, -0.15) is 0 Å². The molecule has 2 saturated heterocycles. The third kappa shape index (κ3) is 5.55. The summed E-state index contributed by atoms with van der Waals surface area (Å²) in [5.41, 5.74) is 1.90. The highest BCUT2D eigenvalue weighted by atomic mass is 32.2. The van der Waals surface area contributed by atoms with E-state index in [1.165, 1.54) is 0 Å². The van der Waals surface area contributed by atoms with E-state index in [0.29, 0.717) is 32.5 Å². The number of hydrogen-bond acceptors (Lipinski definition) is 7. The van der Waals surface area contributed by atoms with Crippen LogP contribution in [0.5, 0.6) is 0 Å². The monoisotopic (exact) mass is 581 g/mol. The molecule has 0 aromatic heterocycles. The average molecular weight is 582 g/mol. The minimum Gasteiger partial charge on any atom is -0.465 e. The molecular weight excluding hydrogens is 538 g/mol. The fraction of sp³-hybridized carbons (Fsp3) is 0.594. The van der Waals surface area contributed by atoms with Crippen LogP contribution in [-0.2, 0) is 19.1 Å². The van der Waals surface area contributed by atoms with Crippen LogP contribution in [0.1, 0.15) is 52.4 Å². The van der Waals surface area contributed by atoms with Crippen LogP contribution in [0, 0.1) is 11.8 Å². The first kappa shape index (κ1) is 29.7. The topological polar surface area (TPSA) is 90.4 Å². The van der Waals surface area contributed by atoms with Crippen molar-refractivity contribution < 1.29 is 24.2 Å². The van der Waals surface area contributed by atoms with Gasteiger partial charge in [0, 0.05) is 49.4 Å². The number of likely N-dealkylation sites (tertiary alicyclic amines) is 1. The van der Waals surface area contributed by atoms with E-state index in [9.17, 15) is 19.5 Å². The van der Waals surface area contributed by atoms with E-state index >= 15 is 0 Å². The lowest BCUT2D eigenvalue weighted by molar-refractivity contribution is -0.153. The fourth-order valence-electron chi connectivity index (χ4n) is 6.89. The summed E-state index contributed by atoms with van der Waals surface area (Å²) in [7, 11) is 0. The molecule has 0 bridgehead atoms. The highest BCUT2D eigenvalue weighted by molar-refractivity contribution is 8.02. The Morgan fingerprint density at radius 3 is 2.54 bits per heavy atom. The Kier molecular flexibility index (Phi) is 9.44. The van der Waals surface area contributed by atoms with Crippen molar-refractivity contribution in [3.63, 3.8) is 0 Å². The van der Waals surface area contributed by atoms with Gasteiger partial charge in [-0.1, -0.05) is 24.3 Å². The number of benzene rings is 1. The molecule has 4 aliphatic heterocycles. The molecule has 2 fully saturated rings. The number of anilines is 2. The molecule has 0 saturated carbocycles. The molecule has 41 heavy (non-hydrogen) atoms. The molecule has 5 atom stereocenters. The van der Waals surface area contributed by atoms with Crippen molar-refractivity contribution >= 4 is 40.9 Å². The molecule has 0 aliphatic carbocycles. The minimum absolute atomic E-state index is 0.0979. The fourth-order valence-corrected chi connectivity index (χ4v) is 8.89. The number of allylic oxidation sites excluding steroid dienone is 1. The Labute approximate surface area is 247 Å². The molecule has 1 spiro atoms. The Morgan fingerprint density at radius 1 is 1.02 bits per heavy atom. The van der Waals surface area contributed by atoms with Crippen molar-refractivity contribution in [1.82, 2.24) is 4.90 Å². The maximum absolute atomic E-state index is 14.6. The molecule has 1 unspecified atom stereocenters. The van der Waals surface area contributed by atoms with Gasteiger partial charge in [-0.15, -0.1) is 11.8 Å². The van der Waals surface area contributed by atoms with E-state index in [-0.39, 0.29) is 29.6 Å². The van der Waals surface area contributed by atoms with Crippen LogP contribution in [-0.4, -0.2) is 83.2 Å². The standard InChI is InChI=1S/C32H43N3O5S/c1-3-33(4-2)23-14-16-24(17-15-23)34-20-12-18-32-27(26-25(41-32)13-8-5-6-11-22-40-31(26)39)29(37)35(28(32)30(34)38)19-9-7-10-21-36/h8,12-18,25-28,36H,3-7,9-11,19-22H2,1-2H3/b13-8-/t25-,26+,27+,28?,32+/m1/s1. The van der Waals surface area contributed by atoms with Gasteiger partial charge in [0.1, 0.15) is 6.04 Å². The minimum atomic E-state index is -0.853. The summed E-state index contributed by atoms with van der Waals surface area (Å²) in [5.74, 6) is -1.89. The molecule has 222 valence electrons. The van der Waals surface area contributed by atoms with E-state index in [0.717, 1.165) is 50.1 Å². The van der Waals surface area contributed by atoms with Gasteiger partial charge >= 0.3 is 5.97 Å². The summed E-state index contributed by atoms with van der Waals surface area (Å²) in [6.07, 6.45) is 13.0. The van der Waals surface area contributed by atoms with Gasteiger partial charge in [-0.05, 0) is 76.6 Å². The number of carbonyl (C=O) groups is 3. The summed E-state index contributed by atoms with van der Waals surface area (Å²) in [5, 5.41) is 9.06. The molecular formula is C32H43N3O5S. The summed E-state index contributed by atoms with van der Waals surface area (Å²) in [6, 6.07) is 7.35. The van der Waals surface area contributed by atoms with Crippen molar-refractivity contribution in [2.75, 3.05) is 49.2 Å². The van der Waals surface area contributed by atoms with Crippen molar-refractivity contribution in [3.8, 4) is 0 Å². The van der Waals surface area contributed by atoms with Crippen LogP contribution < -0.4 is 9.80 Å². The van der Waals surface area contributed by atoms with Crippen molar-refractivity contribution in [2.24, 2.45) is 11.8 Å². The maximum atomic E-state index is 14.6. The van der Waals surface area contributed by atoms with Gasteiger partial charge in [0.2, 0.25) is 5.91 Å². The molecule has 2 amide bonds. The number of unbranched alkanes of at least 4 members (excludes halogenated alkanes) is 2. The lowest BCUT2D eigenvalue weighted by Crippen LogP contribution is -2.53. The average Bonchev–Trinajstić information content (AvgIpc) is 3.36. The zero-order valence-corrected chi connectivity index (χ0v) is 25.1. The molecule has 9 heteroatoms. The van der Waals surface area contributed by atoms with Crippen molar-refractivity contribution in [1.29, 1.82) is 0 Å². The quantitative estimate of drug-likeness (QED) is 0.266. The van der Waals surface area contributed by atoms with E-state index in [1.54, 1.807) is 21.6 Å². The van der Waals surface area contributed by atoms with E-state index in [4.69, 9.17) is 4.74 Å². The Bertz CT molecular complexity index is 1170. The molecule has 1 aromatic carbocycles. The van der Waals surface area contributed by atoms with Crippen LogP contribution in [0.25, 0.3) is 0 Å². The zero-order valence-electron chi connectivity index (χ0n) is 24.2. The van der Waals surface area contributed by atoms with Crippen molar-refractivity contribution in [3.05, 3.63) is 48.6 Å². The highest BCUT2D eigenvalue weighted by Crippen LogP contribution is 2.60. The second kappa shape index (κ2) is 13.0. The second-order valence-electron chi connectivity index (χ2n) is 11.3. The summed E-state index contributed by atoms with van der Waals surface area (Å²) in [4.78, 5) is 48.1. The van der Waals surface area contributed by atoms with Crippen LogP contribution >= 0.6 is 11.8 Å². The van der Waals surface area contributed by atoms with E-state index in [2.05, 4.69) is 37.0 Å². The zero-order chi connectivity index (χ0) is 29.0. The number of fused-ring (bicyclic) bond motifs is 2. The van der Waals surface area contributed by atoms with Crippen LogP contribution in [0.15, 0.2) is 48.6 Å². The van der Waals surface area contributed by atoms with Gasteiger partial charge < -0.3 is 24.5 Å². The molecule has 4 aliphatic rings. The molecule has 4 heterocycles. The predicted molar refractivity (Wildman–Crippen MR) is 163 cm³/mol. The number of rotatable bonds is 9. The lowest BCUT2D eigenvalue weighted by Gasteiger charge is -2.35. The third-order valence-electron chi connectivity index (χ3n) is 8.95. The number of hydrogen-bond donors (Lipinski definition) is 1. The van der Waals surface area contributed by atoms with Crippen LogP contribution in [0.4, 0.5) is 11.4 Å². The summed E-state index contributed by atoms with van der Waals surface area (Å²) >= 11 is 1.59. The Balaban J connectivity index is 1.52. The van der Waals surface area contributed by atoms with Crippen LogP contribution in [0.2, 0.25) is 0 Å². The normalized spacial score (nSPS) is 30.4. The number of cyclic esters (lactones) is 1. The number of nitrogens with zero attached hydrogens (tertiary/aromatic N) is 3. The summed E-state index contributed by atoms with van der Waals surface area (Å²) in [6.45, 7) is 7.31.